The molecule has 0 aliphatic carbocycles. The van der Waals surface area contributed by atoms with E-state index in [0.717, 1.165) is 0 Å². The van der Waals surface area contributed by atoms with Gasteiger partial charge in [-0.25, -0.2) is 0 Å². The van der Waals surface area contributed by atoms with E-state index in [9.17, 15) is 19.2 Å². The molecule has 5 heteroatoms. The molecule has 0 aromatic heterocycles. The number of hydrogen-bond donors (Lipinski definition) is 0. The van der Waals surface area contributed by atoms with Gasteiger partial charge in [0.05, 0.1) is 12.8 Å². The maximum atomic E-state index is 11.1. The Morgan fingerprint density at radius 3 is 1.40 bits per heavy atom. The molecule has 0 saturated heterocycles. The third kappa shape index (κ3) is 9.74. The van der Waals surface area contributed by atoms with Crippen LogP contribution in [0.1, 0.15) is 26.7 Å². The predicted octanol–water partition coefficient (Wildman–Crippen LogP) is 0.624. The van der Waals surface area contributed by atoms with Gasteiger partial charge in [0.15, 0.2) is 0 Å². The number of rotatable bonds is 8. The smallest absolute Gasteiger partial charge is 0.302 e. The van der Waals surface area contributed by atoms with Crippen LogP contribution in [0.2, 0.25) is 9.10 Å². The molecular formula is C10H14MgO4. The largest absolute Gasteiger partial charge is 0.386 e. The molecule has 0 rings (SSSR count). The van der Waals surface area contributed by atoms with E-state index >= 15 is 0 Å². The van der Waals surface area contributed by atoms with Gasteiger partial charge in [-0.1, -0.05) is 9.10 Å². The average Bonchev–Trinajstić information content (AvgIpc) is 2.00. The molecule has 15 heavy (non-hydrogen) atoms. The second-order valence-corrected chi connectivity index (χ2v) is 5.40. The SMILES string of the molecule is CC(=O)CC(=O)[CH2][Mg][CH2]C(=O)CC(C)=O. The molecular weight excluding hydrogens is 208 g/mol. The Balaban J connectivity index is 3.61. The lowest BCUT2D eigenvalue weighted by Crippen LogP contribution is -2.11. The van der Waals surface area contributed by atoms with Gasteiger partial charge >= 0.3 is 20.4 Å². The zero-order chi connectivity index (χ0) is 11.8. The summed E-state index contributed by atoms with van der Waals surface area (Å²) in [6.07, 6.45) is -0.0399. The van der Waals surface area contributed by atoms with Crippen LogP contribution in [-0.2, 0) is 19.2 Å². The van der Waals surface area contributed by atoms with E-state index in [1.165, 1.54) is 13.8 Å². The first-order valence-corrected chi connectivity index (χ1v) is 6.94. The van der Waals surface area contributed by atoms with E-state index in [1.807, 2.05) is 0 Å². The molecule has 0 aliphatic heterocycles. The van der Waals surface area contributed by atoms with Crippen LogP contribution in [0.15, 0.2) is 0 Å². The highest BCUT2D eigenvalue weighted by atomic mass is 24.5. The predicted molar refractivity (Wildman–Crippen MR) is 56.0 cm³/mol. The summed E-state index contributed by atoms with van der Waals surface area (Å²) >= 11 is -0.773. The van der Waals surface area contributed by atoms with Crippen LogP contribution in [0, 0.1) is 0 Å². The van der Waals surface area contributed by atoms with Crippen molar-refractivity contribution in [1.82, 2.24) is 0 Å². The first kappa shape index (κ1) is 14.4. The fraction of sp³-hybridized carbons (Fsp3) is 0.600. The van der Waals surface area contributed by atoms with Crippen molar-refractivity contribution in [2.45, 2.75) is 35.8 Å². The summed E-state index contributed by atoms with van der Waals surface area (Å²) in [5, 5.41) is 0. The standard InChI is InChI=1S/2C5H7O2.Mg/c2*1-4(6)3-5(2)7;/h2*1,3H2,2H3;. The van der Waals surface area contributed by atoms with Crippen LogP contribution in [0.25, 0.3) is 0 Å². The molecule has 0 amide bonds. The molecule has 0 unspecified atom stereocenters. The summed E-state index contributed by atoms with van der Waals surface area (Å²) in [5.41, 5.74) is 0. The maximum Gasteiger partial charge on any atom is 0.386 e. The van der Waals surface area contributed by atoms with Crippen molar-refractivity contribution < 1.29 is 19.2 Å². The van der Waals surface area contributed by atoms with Gasteiger partial charge in [-0.3, -0.25) is 9.59 Å². The number of carbonyl (C=O) groups excluding carboxylic acids is 4. The lowest BCUT2D eigenvalue weighted by molar-refractivity contribution is -0.126. The number of hydrogen-bond acceptors (Lipinski definition) is 4. The molecule has 0 heterocycles. The molecule has 0 aliphatic rings. The average molecular weight is 223 g/mol. The number of carbonyl (C=O) groups is 4. The van der Waals surface area contributed by atoms with Gasteiger partial charge in [-0.15, -0.1) is 0 Å². The summed E-state index contributed by atoms with van der Waals surface area (Å²) in [4.78, 5) is 43.3. The normalized spacial score (nSPS) is 9.20. The van der Waals surface area contributed by atoms with Gasteiger partial charge in [-0.05, 0) is 13.8 Å². The van der Waals surface area contributed by atoms with Gasteiger partial charge in [0, 0.05) is 0 Å². The summed E-state index contributed by atoms with van der Waals surface area (Å²) in [6, 6.07) is 0. The van der Waals surface area contributed by atoms with Crippen LogP contribution in [0.5, 0.6) is 0 Å². The van der Waals surface area contributed by atoms with Crippen molar-refractivity contribution in [3.05, 3.63) is 0 Å². The zero-order valence-electron chi connectivity index (χ0n) is 9.17. The first-order chi connectivity index (χ1) is 6.91. The molecule has 0 bridgehead atoms. The Kier molecular flexibility index (Phi) is 7.42. The number of ketones is 4. The summed E-state index contributed by atoms with van der Waals surface area (Å²) in [7, 11) is 0. The second-order valence-electron chi connectivity index (χ2n) is 3.69. The fourth-order valence-electron chi connectivity index (χ4n) is 1.21. The zero-order valence-corrected chi connectivity index (χ0v) is 10.6. The molecule has 0 spiro atoms. The van der Waals surface area contributed by atoms with Crippen LogP contribution >= 0.6 is 0 Å². The van der Waals surface area contributed by atoms with E-state index in [1.54, 1.807) is 0 Å². The van der Waals surface area contributed by atoms with E-state index in [0.29, 0.717) is 9.10 Å². The summed E-state index contributed by atoms with van der Waals surface area (Å²) in [6.45, 7) is 2.75. The van der Waals surface area contributed by atoms with Crippen molar-refractivity contribution >= 4 is 43.5 Å². The van der Waals surface area contributed by atoms with Gasteiger partial charge in [-0.2, -0.15) is 0 Å². The molecule has 4 nitrogen and oxygen atoms in total. The molecule has 0 atom stereocenters. The Labute approximate surface area is 98.5 Å². The van der Waals surface area contributed by atoms with E-state index < -0.39 is 20.4 Å². The molecule has 0 aromatic rings. The molecule has 0 saturated carbocycles. The third-order valence-corrected chi connectivity index (χ3v) is 3.63. The minimum atomic E-state index is -0.773. The molecule has 0 radical (unpaired) electrons. The van der Waals surface area contributed by atoms with Crippen molar-refractivity contribution in [3.63, 3.8) is 0 Å². The molecule has 0 N–H and O–H groups in total. The molecule has 0 aromatic carbocycles. The van der Waals surface area contributed by atoms with Crippen molar-refractivity contribution in [1.29, 1.82) is 0 Å². The fourth-order valence-corrected chi connectivity index (χ4v) is 2.53. The third-order valence-electron chi connectivity index (χ3n) is 1.80. The van der Waals surface area contributed by atoms with Crippen LogP contribution in [0.4, 0.5) is 0 Å². The second kappa shape index (κ2) is 7.70. The Morgan fingerprint density at radius 2 is 1.13 bits per heavy atom. The Bertz CT molecular complexity index is 255. The van der Waals surface area contributed by atoms with E-state index in [4.69, 9.17) is 0 Å². The minimum absolute atomic E-state index is 0.0199. The maximum absolute atomic E-state index is 11.1. The van der Waals surface area contributed by atoms with Crippen molar-refractivity contribution in [2.75, 3.05) is 0 Å². The lowest BCUT2D eigenvalue weighted by Gasteiger charge is -1.96. The van der Waals surface area contributed by atoms with Gasteiger partial charge < -0.3 is 9.59 Å². The monoisotopic (exact) mass is 222 g/mol. The van der Waals surface area contributed by atoms with E-state index in [-0.39, 0.29) is 36.0 Å². The topological polar surface area (TPSA) is 68.3 Å². The van der Waals surface area contributed by atoms with Crippen LogP contribution in [0.3, 0.4) is 0 Å². The molecule has 0 fully saturated rings. The highest BCUT2D eigenvalue weighted by Crippen LogP contribution is 1.97. The van der Waals surface area contributed by atoms with Gasteiger partial charge in [0.1, 0.15) is 23.1 Å². The number of Topliss-reactive ketones (excluding diaryl/α,β-unsaturated/α-hetero) is 4. The lowest BCUT2D eigenvalue weighted by atomic mass is 10.2. The van der Waals surface area contributed by atoms with Crippen molar-refractivity contribution in [2.24, 2.45) is 0 Å². The van der Waals surface area contributed by atoms with Crippen molar-refractivity contribution in [3.8, 4) is 0 Å². The minimum Gasteiger partial charge on any atom is -0.302 e. The Hall–Kier alpha value is -0.554. The van der Waals surface area contributed by atoms with Gasteiger partial charge in [0.2, 0.25) is 0 Å². The summed E-state index contributed by atoms with van der Waals surface area (Å²) in [5.74, 6) is -0.428. The molecule has 80 valence electrons. The highest BCUT2D eigenvalue weighted by Gasteiger charge is 2.11. The van der Waals surface area contributed by atoms with E-state index in [2.05, 4.69) is 0 Å². The first-order valence-electron chi connectivity index (χ1n) is 4.94. The van der Waals surface area contributed by atoms with Gasteiger partial charge in [0.25, 0.3) is 0 Å². The highest BCUT2D eigenvalue weighted by molar-refractivity contribution is 6.47. The quantitative estimate of drug-likeness (QED) is 0.446. The van der Waals surface area contributed by atoms with Crippen LogP contribution < -0.4 is 0 Å². The Morgan fingerprint density at radius 1 is 0.800 bits per heavy atom. The summed E-state index contributed by atoms with van der Waals surface area (Å²) < 4.78 is 0.756. The van der Waals surface area contributed by atoms with Crippen LogP contribution in [-0.4, -0.2) is 43.5 Å².